The maximum absolute atomic E-state index is 11.5. The van der Waals surface area contributed by atoms with Crippen LogP contribution in [-0.2, 0) is 17.6 Å². The van der Waals surface area contributed by atoms with Gasteiger partial charge in [0.05, 0.1) is 11.8 Å². The van der Waals surface area contributed by atoms with Crippen LogP contribution in [0.25, 0.3) is 0 Å². The highest BCUT2D eigenvalue weighted by Crippen LogP contribution is 2.41. The van der Waals surface area contributed by atoms with Gasteiger partial charge < -0.3 is 20.3 Å². The minimum absolute atomic E-state index is 0.00567. The van der Waals surface area contributed by atoms with Gasteiger partial charge in [-0.3, -0.25) is 4.79 Å². The minimum atomic E-state index is -0.780. The van der Waals surface area contributed by atoms with E-state index in [1.807, 2.05) is 0 Å². The molecule has 0 bridgehead atoms. The highest BCUT2D eigenvalue weighted by molar-refractivity contribution is 5.96. The van der Waals surface area contributed by atoms with Crippen molar-refractivity contribution in [3.8, 4) is 11.5 Å². The van der Waals surface area contributed by atoms with E-state index in [2.05, 4.69) is 50.4 Å². The first kappa shape index (κ1) is 20.2. The molecule has 1 unspecified atom stereocenters. The molecule has 0 saturated carbocycles. The van der Waals surface area contributed by atoms with Gasteiger partial charge in [-0.25, -0.2) is 0 Å². The number of carbonyl (C=O) groups is 1. The molecule has 2 aromatic rings. The molecular weight excluding hydrogens is 354 g/mol. The van der Waals surface area contributed by atoms with E-state index in [0.717, 1.165) is 19.3 Å². The van der Waals surface area contributed by atoms with Gasteiger partial charge in [-0.2, -0.15) is 0 Å². The number of fused-ring (bicyclic) bond motifs is 1. The first-order valence-electron chi connectivity index (χ1n) is 9.83. The summed E-state index contributed by atoms with van der Waals surface area (Å²) in [6.07, 6.45) is 2.52. The van der Waals surface area contributed by atoms with Crippen LogP contribution in [0.1, 0.15) is 56.4 Å². The van der Waals surface area contributed by atoms with Crippen LogP contribution in [0.5, 0.6) is 11.5 Å². The third kappa shape index (κ3) is 4.84. The molecule has 1 aliphatic heterocycles. The first-order chi connectivity index (χ1) is 13.3. The standard InChI is InChI=1S/C23H29NO4/c1-4-15-5-7-16(8-6-15)13-23(2,3)10-9-20(26)18-11-17(25)12-19-22(18)28-14-21(27)24-19/h5-8,11-12,20,25-26H,4,9-10,13-14H2,1-3H3,(H,24,27). The highest BCUT2D eigenvalue weighted by atomic mass is 16.5. The lowest BCUT2D eigenvalue weighted by molar-refractivity contribution is -0.118. The van der Waals surface area contributed by atoms with E-state index in [1.54, 1.807) is 0 Å². The Bertz CT molecular complexity index is 842. The third-order valence-electron chi connectivity index (χ3n) is 5.29. The van der Waals surface area contributed by atoms with Crippen molar-refractivity contribution >= 4 is 11.6 Å². The molecule has 2 aromatic carbocycles. The van der Waals surface area contributed by atoms with Crippen LogP contribution in [0.2, 0.25) is 0 Å². The summed E-state index contributed by atoms with van der Waals surface area (Å²) >= 11 is 0. The number of nitrogens with one attached hydrogen (secondary N) is 1. The summed E-state index contributed by atoms with van der Waals surface area (Å²) in [5, 5.41) is 23.4. The molecule has 3 rings (SSSR count). The Morgan fingerprint density at radius 2 is 1.86 bits per heavy atom. The molecule has 5 nitrogen and oxygen atoms in total. The predicted molar refractivity (Wildman–Crippen MR) is 110 cm³/mol. The van der Waals surface area contributed by atoms with E-state index < -0.39 is 6.10 Å². The van der Waals surface area contributed by atoms with Crippen molar-refractivity contribution in [3.05, 3.63) is 53.1 Å². The molecule has 1 aliphatic rings. The van der Waals surface area contributed by atoms with Crippen LogP contribution in [0.15, 0.2) is 36.4 Å². The fourth-order valence-corrected chi connectivity index (χ4v) is 3.68. The Labute approximate surface area is 166 Å². The lowest BCUT2D eigenvalue weighted by atomic mass is 9.80. The van der Waals surface area contributed by atoms with E-state index in [-0.39, 0.29) is 23.7 Å². The fraction of sp³-hybridized carbons (Fsp3) is 0.435. The number of aliphatic hydroxyl groups excluding tert-OH is 1. The van der Waals surface area contributed by atoms with Gasteiger partial charge in [0.25, 0.3) is 5.91 Å². The van der Waals surface area contributed by atoms with Crippen LogP contribution >= 0.6 is 0 Å². The Kier molecular flexibility index (Phi) is 5.94. The molecule has 1 heterocycles. The molecule has 28 heavy (non-hydrogen) atoms. The van der Waals surface area contributed by atoms with Gasteiger partial charge in [0.15, 0.2) is 6.61 Å². The van der Waals surface area contributed by atoms with Crippen LogP contribution in [0, 0.1) is 5.41 Å². The van der Waals surface area contributed by atoms with Crippen LogP contribution in [0.3, 0.4) is 0 Å². The topological polar surface area (TPSA) is 78.8 Å². The van der Waals surface area contributed by atoms with Gasteiger partial charge in [-0.15, -0.1) is 0 Å². The van der Waals surface area contributed by atoms with Gasteiger partial charge in [-0.1, -0.05) is 45.0 Å². The number of amides is 1. The number of aryl methyl sites for hydroxylation is 1. The summed E-state index contributed by atoms with van der Waals surface area (Å²) < 4.78 is 5.51. The summed E-state index contributed by atoms with van der Waals surface area (Å²) in [6, 6.07) is 11.7. The van der Waals surface area contributed by atoms with Crippen molar-refractivity contribution in [2.24, 2.45) is 5.41 Å². The molecule has 0 aliphatic carbocycles. The van der Waals surface area contributed by atoms with Crippen molar-refractivity contribution in [1.29, 1.82) is 0 Å². The number of phenols is 1. The Morgan fingerprint density at radius 1 is 1.18 bits per heavy atom. The summed E-state index contributed by atoms with van der Waals surface area (Å²) in [7, 11) is 0. The maximum atomic E-state index is 11.5. The van der Waals surface area contributed by atoms with Crippen molar-refractivity contribution < 1.29 is 19.7 Å². The molecule has 0 aromatic heterocycles. The number of ether oxygens (including phenoxy) is 1. The number of aromatic hydroxyl groups is 1. The molecule has 3 N–H and O–H groups in total. The van der Waals surface area contributed by atoms with E-state index >= 15 is 0 Å². The van der Waals surface area contributed by atoms with Crippen LogP contribution in [-0.4, -0.2) is 22.7 Å². The zero-order chi connectivity index (χ0) is 20.3. The van der Waals surface area contributed by atoms with Crippen molar-refractivity contribution in [3.63, 3.8) is 0 Å². The van der Waals surface area contributed by atoms with Gasteiger partial charge in [0, 0.05) is 11.6 Å². The molecule has 0 saturated heterocycles. The Balaban J connectivity index is 1.67. The molecule has 0 radical (unpaired) electrons. The second kappa shape index (κ2) is 8.23. The molecular formula is C23H29NO4. The summed E-state index contributed by atoms with van der Waals surface area (Å²) in [6.45, 7) is 6.45. The van der Waals surface area contributed by atoms with Crippen LogP contribution in [0.4, 0.5) is 5.69 Å². The number of rotatable bonds is 7. The van der Waals surface area contributed by atoms with Gasteiger partial charge in [0.2, 0.25) is 0 Å². The van der Waals surface area contributed by atoms with E-state index in [9.17, 15) is 15.0 Å². The largest absolute Gasteiger partial charge is 0.508 e. The fourth-order valence-electron chi connectivity index (χ4n) is 3.68. The molecule has 1 amide bonds. The average molecular weight is 383 g/mol. The number of hydrogen-bond acceptors (Lipinski definition) is 4. The molecule has 0 fully saturated rings. The van der Waals surface area contributed by atoms with Gasteiger partial charge in [0.1, 0.15) is 11.5 Å². The molecule has 1 atom stereocenters. The molecule has 150 valence electrons. The summed E-state index contributed by atoms with van der Waals surface area (Å²) in [4.78, 5) is 11.5. The van der Waals surface area contributed by atoms with Crippen molar-refractivity contribution in [2.75, 3.05) is 11.9 Å². The average Bonchev–Trinajstić information content (AvgIpc) is 2.65. The monoisotopic (exact) mass is 383 g/mol. The molecule has 5 heteroatoms. The van der Waals surface area contributed by atoms with Crippen molar-refractivity contribution in [2.45, 2.75) is 52.6 Å². The Hall–Kier alpha value is -2.53. The van der Waals surface area contributed by atoms with Gasteiger partial charge in [-0.05, 0) is 48.3 Å². The number of hydrogen-bond donors (Lipinski definition) is 3. The number of carbonyl (C=O) groups excluding carboxylic acids is 1. The lowest BCUT2D eigenvalue weighted by Gasteiger charge is -2.28. The quantitative estimate of drug-likeness (QED) is 0.663. The molecule has 0 spiro atoms. The predicted octanol–water partition coefficient (Wildman–Crippen LogP) is 4.37. The SMILES string of the molecule is CCc1ccc(CC(C)(C)CCC(O)c2cc(O)cc3c2OCC(=O)N3)cc1. The number of anilines is 1. The minimum Gasteiger partial charge on any atom is -0.508 e. The van der Waals surface area contributed by atoms with Gasteiger partial charge >= 0.3 is 0 Å². The normalized spacial score (nSPS) is 14.8. The second-order valence-corrected chi connectivity index (χ2v) is 8.31. The van der Waals surface area contributed by atoms with E-state index in [4.69, 9.17) is 4.74 Å². The van der Waals surface area contributed by atoms with Crippen molar-refractivity contribution in [1.82, 2.24) is 0 Å². The summed E-state index contributed by atoms with van der Waals surface area (Å²) in [5.41, 5.74) is 3.55. The summed E-state index contributed by atoms with van der Waals surface area (Å²) in [5.74, 6) is 0.167. The third-order valence-corrected chi connectivity index (χ3v) is 5.29. The first-order valence-corrected chi connectivity index (χ1v) is 9.83. The number of aliphatic hydroxyl groups is 1. The zero-order valence-electron chi connectivity index (χ0n) is 16.8. The second-order valence-electron chi connectivity index (χ2n) is 8.31. The van der Waals surface area contributed by atoms with E-state index in [1.165, 1.54) is 23.3 Å². The smallest absolute Gasteiger partial charge is 0.262 e. The maximum Gasteiger partial charge on any atom is 0.262 e. The highest BCUT2D eigenvalue weighted by Gasteiger charge is 2.26. The number of phenolic OH excluding ortho intramolecular Hbond substituents is 1. The van der Waals surface area contributed by atoms with Crippen LogP contribution < -0.4 is 10.1 Å². The number of benzene rings is 2. The van der Waals surface area contributed by atoms with E-state index in [0.29, 0.717) is 23.4 Å². The zero-order valence-corrected chi connectivity index (χ0v) is 16.8. The lowest BCUT2D eigenvalue weighted by Crippen LogP contribution is -2.26. The Morgan fingerprint density at radius 3 is 2.54 bits per heavy atom.